The van der Waals surface area contributed by atoms with Crippen LogP contribution in [0, 0.1) is 11.3 Å². The molecule has 0 fully saturated rings. The lowest BCUT2D eigenvalue weighted by atomic mass is 10.2. The number of carbonyl (C=O) groups excluding carboxylic acids is 1. The maximum absolute atomic E-state index is 11.5. The number of hydrogen-bond acceptors (Lipinski definition) is 4. The van der Waals surface area contributed by atoms with Gasteiger partial charge in [-0.3, -0.25) is 9.48 Å². The molecule has 1 atom stereocenters. The number of nitriles is 1. The van der Waals surface area contributed by atoms with Crippen molar-refractivity contribution in [2.24, 2.45) is 5.73 Å². The van der Waals surface area contributed by atoms with E-state index in [1.165, 1.54) is 0 Å². The van der Waals surface area contributed by atoms with E-state index in [0.29, 0.717) is 29.9 Å². The molecule has 1 aromatic heterocycles. The molecule has 0 saturated heterocycles. The minimum Gasteiger partial charge on any atom is -0.453 e. The third-order valence-corrected chi connectivity index (χ3v) is 3.68. The Morgan fingerprint density at radius 3 is 2.48 bits per heavy atom. The number of hydrogen-bond donors (Lipinski definition) is 1. The minimum atomic E-state index is -0.534. The van der Waals surface area contributed by atoms with Crippen molar-refractivity contribution in [2.75, 3.05) is 0 Å². The van der Waals surface area contributed by atoms with Crippen LogP contribution in [0.4, 0.5) is 0 Å². The molecular formula is C17H20N4O2. The van der Waals surface area contributed by atoms with Gasteiger partial charge < -0.3 is 10.5 Å². The van der Waals surface area contributed by atoms with Crippen molar-refractivity contribution >= 4 is 5.91 Å². The van der Waals surface area contributed by atoms with Crippen molar-refractivity contribution in [3.05, 3.63) is 41.2 Å². The van der Waals surface area contributed by atoms with Gasteiger partial charge in [0.1, 0.15) is 17.5 Å². The van der Waals surface area contributed by atoms with E-state index in [2.05, 4.69) is 11.2 Å². The molecule has 0 radical (unpaired) electrons. The number of amides is 1. The largest absolute Gasteiger partial charge is 0.453 e. The Balaban J connectivity index is 2.43. The van der Waals surface area contributed by atoms with Crippen molar-refractivity contribution in [1.29, 1.82) is 5.26 Å². The molecule has 2 aromatic rings. The van der Waals surface area contributed by atoms with Crippen LogP contribution in [-0.4, -0.2) is 15.7 Å². The van der Waals surface area contributed by atoms with Gasteiger partial charge in [0.05, 0.1) is 17.3 Å². The van der Waals surface area contributed by atoms with E-state index in [9.17, 15) is 4.79 Å². The van der Waals surface area contributed by atoms with Crippen LogP contribution >= 0.6 is 0 Å². The van der Waals surface area contributed by atoms with Crippen molar-refractivity contribution in [3.8, 4) is 17.6 Å². The number of ether oxygens (including phenoxy) is 1. The molecular weight excluding hydrogens is 292 g/mol. The van der Waals surface area contributed by atoms with Crippen LogP contribution in [0.5, 0.6) is 11.5 Å². The van der Waals surface area contributed by atoms with Gasteiger partial charge in [-0.15, -0.1) is 0 Å². The fraction of sp³-hybridized carbons (Fsp3) is 0.353. The van der Waals surface area contributed by atoms with E-state index >= 15 is 0 Å². The Labute approximate surface area is 135 Å². The van der Waals surface area contributed by atoms with Gasteiger partial charge in [-0.25, -0.2) is 0 Å². The summed E-state index contributed by atoms with van der Waals surface area (Å²) in [5.41, 5.74) is 7.59. The first kappa shape index (κ1) is 16.6. The first-order chi connectivity index (χ1) is 11.0. The van der Waals surface area contributed by atoms with Crippen molar-refractivity contribution in [2.45, 2.75) is 39.7 Å². The third-order valence-electron chi connectivity index (χ3n) is 3.68. The highest BCUT2D eigenvalue weighted by molar-refractivity contribution is 5.78. The molecule has 23 heavy (non-hydrogen) atoms. The predicted molar refractivity (Wildman–Crippen MR) is 86.1 cm³/mol. The standard InChI is InChI=1S/C17H20N4O2/c1-4-14-16(23-13-8-6-12(10-18)7-9-13)15(5-2)21(20-14)11(3)17(19)22/h6-9,11H,4-5H2,1-3H3,(H2,19,22). The summed E-state index contributed by atoms with van der Waals surface area (Å²) in [6, 6.07) is 8.42. The summed E-state index contributed by atoms with van der Waals surface area (Å²) >= 11 is 0. The topological polar surface area (TPSA) is 93.9 Å². The van der Waals surface area contributed by atoms with E-state index in [-0.39, 0.29) is 0 Å². The molecule has 1 amide bonds. The van der Waals surface area contributed by atoms with Gasteiger partial charge in [-0.05, 0) is 44.0 Å². The number of rotatable bonds is 6. The van der Waals surface area contributed by atoms with Gasteiger partial charge >= 0.3 is 0 Å². The Kier molecular flexibility index (Phi) is 5.02. The molecule has 2 N–H and O–H groups in total. The molecule has 0 bridgehead atoms. The Hall–Kier alpha value is -2.81. The highest BCUT2D eigenvalue weighted by atomic mass is 16.5. The second kappa shape index (κ2) is 6.97. The molecule has 0 aliphatic heterocycles. The van der Waals surface area contributed by atoms with E-state index in [1.807, 2.05) is 13.8 Å². The maximum atomic E-state index is 11.5. The quantitative estimate of drug-likeness (QED) is 0.887. The van der Waals surface area contributed by atoms with Gasteiger partial charge in [-0.1, -0.05) is 13.8 Å². The average Bonchev–Trinajstić information content (AvgIpc) is 2.92. The van der Waals surface area contributed by atoms with Gasteiger partial charge in [0, 0.05) is 0 Å². The highest BCUT2D eigenvalue weighted by Gasteiger charge is 2.23. The monoisotopic (exact) mass is 312 g/mol. The molecule has 0 aliphatic carbocycles. The second-order valence-electron chi connectivity index (χ2n) is 5.19. The predicted octanol–water partition coefficient (Wildman–Crippen LogP) is 2.72. The Morgan fingerprint density at radius 1 is 1.35 bits per heavy atom. The van der Waals surface area contributed by atoms with E-state index < -0.39 is 11.9 Å². The first-order valence-corrected chi connectivity index (χ1v) is 7.59. The average molecular weight is 312 g/mol. The fourth-order valence-corrected chi connectivity index (χ4v) is 2.33. The number of primary amides is 1. The van der Waals surface area contributed by atoms with Crippen molar-refractivity contribution in [1.82, 2.24) is 9.78 Å². The molecule has 0 spiro atoms. The lowest BCUT2D eigenvalue weighted by molar-refractivity contribution is -0.121. The molecule has 0 aliphatic rings. The number of benzene rings is 1. The zero-order chi connectivity index (χ0) is 17.0. The van der Waals surface area contributed by atoms with Crippen LogP contribution in [0.25, 0.3) is 0 Å². The second-order valence-corrected chi connectivity index (χ2v) is 5.19. The van der Waals surface area contributed by atoms with Crippen LogP contribution < -0.4 is 10.5 Å². The molecule has 6 nitrogen and oxygen atoms in total. The SMILES string of the molecule is CCc1nn(C(C)C(N)=O)c(CC)c1Oc1ccc(C#N)cc1. The molecule has 120 valence electrons. The van der Waals surface area contributed by atoms with Crippen LogP contribution in [0.2, 0.25) is 0 Å². The molecule has 1 heterocycles. The van der Waals surface area contributed by atoms with Crippen LogP contribution in [0.3, 0.4) is 0 Å². The maximum Gasteiger partial charge on any atom is 0.242 e. The molecule has 1 aromatic carbocycles. The smallest absolute Gasteiger partial charge is 0.242 e. The number of aromatic nitrogens is 2. The lowest BCUT2D eigenvalue weighted by Gasteiger charge is -2.12. The lowest BCUT2D eigenvalue weighted by Crippen LogP contribution is -2.26. The summed E-state index contributed by atoms with van der Waals surface area (Å²) in [7, 11) is 0. The van der Waals surface area contributed by atoms with Gasteiger partial charge in [0.15, 0.2) is 5.75 Å². The fourth-order valence-electron chi connectivity index (χ4n) is 2.33. The molecule has 2 rings (SSSR count). The van der Waals surface area contributed by atoms with E-state index in [4.69, 9.17) is 15.7 Å². The zero-order valence-electron chi connectivity index (χ0n) is 13.5. The summed E-state index contributed by atoms with van der Waals surface area (Å²) < 4.78 is 7.63. The summed E-state index contributed by atoms with van der Waals surface area (Å²) in [5.74, 6) is 0.849. The molecule has 6 heteroatoms. The minimum absolute atomic E-state index is 0.435. The summed E-state index contributed by atoms with van der Waals surface area (Å²) in [6.45, 7) is 5.68. The zero-order valence-corrected chi connectivity index (χ0v) is 13.5. The molecule has 0 saturated carbocycles. The number of nitrogens with zero attached hydrogens (tertiary/aromatic N) is 3. The van der Waals surface area contributed by atoms with E-state index in [0.717, 1.165) is 11.4 Å². The summed E-state index contributed by atoms with van der Waals surface area (Å²) in [5, 5.41) is 13.3. The first-order valence-electron chi connectivity index (χ1n) is 7.59. The van der Waals surface area contributed by atoms with Crippen LogP contribution in [-0.2, 0) is 17.6 Å². The van der Waals surface area contributed by atoms with Crippen LogP contribution in [0.15, 0.2) is 24.3 Å². The van der Waals surface area contributed by atoms with Gasteiger partial charge in [0.25, 0.3) is 0 Å². The Morgan fingerprint density at radius 2 is 2.00 bits per heavy atom. The summed E-state index contributed by atoms with van der Waals surface area (Å²) in [4.78, 5) is 11.5. The molecule has 1 unspecified atom stereocenters. The number of aryl methyl sites for hydroxylation is 1. The Bertz CT molecular complexity index is 741. The third kappa shape index (κ3) is 3.34. The van der Waals surface area contributed by atoms with E-state index in [1.54, 1.807) is 35.9 Å². The van der Waals surface area contributed by atoms with Crippen LogP contribution in [0.1, 0.15) is 43.8 Å². The van der Waals surface area contributed by atoms with Gasteiger partial charge in [-0.2, -0.15) is 10.4 Å². The number of nitrogens with two attached hydrogens (primary N) is 1. The number of carbonyl (C=O) groups is 1. The summed E-state index contributed by atoms with van der Waals surface area (Å²) in [6.07, 6.45) is 1.34. The normalized spacial score (nSPS) is 11.7. The van der Waals surface area contributed by atoms with Crippen molar-refractivity contribution < 1.29 is 9.53 Å². The van der Waals surface area contributed by atoms with Crippen molar-refractivity contribution in [3.63, 3.8) is 0 Å². The van der Waals surface area contributed by atoms with Gasteiger partial charge in [0.2, 0.25) is 5.91 Å². The highest BCUT2D eigenvalue weighted by Crippen LogP contribution is 2.32.